The fourth-order valence-corrected chi connectivity index (χ4v) is 2.25. The third-order valence-corrected chi connectivity index (χ3v) is 3.23. The number of aliphatic carboxylic acids is 1. The van der Waals surface area contributed by atoms with Crippen molar-refractivity contribution in [2.24, 2.45) is 0 Å². The number of carbonyl (C=O) groups is 1. The van der Waals surface area contributed by atoms with Crippen LogP contribution in [0, 0.1) is 0 Å². The molecule has 7 nitrogen and oxygen atoms in total. The Morgan fingerprint density at radius 3 is 2.71 bits per heavy atom. The maximum atomic E-state index is 10.9. The summed E-state index contributed by atoms with van der Waals surface area (Å²) in [6.07, 6.45) is 3.01. The zero-order valence-corrected chi connectivity index (χ0v) is 11.1. The van der Waals surface area contributed by atoms with Crippen molar-refractivity contribution >= 4 is 23.0 Å². The summed E-state index contributed by atoms with van der Waals surface area (Å²) in [6, 6.07) is 7.41. The van der Waals surface area contributed by atoms with Gasteiger partial charge < -0.3 is 15.4 Å². The first-order valence-corrected chi connectivity index (χ1v) is 6.35. The van der Waals surface area contributed by atoms with Crippen molar-refractivity contribution in [3.8, 4) is 0 Å². The van der Waals surface area contributed by atoms with E-state index in [-0.39, 0.29) is 6.42 Å². The molecule has 0 atom stereocenters. The van der Waals surface area contributed by atoms with Gasteiger partial charge in [0, 0.05) is 0 Å². The number of carboxylic acids is 1. The molecule has 0 radical (unpaired) electrons. The van der Waals surface area contributed by atoms with Gasteiger partial charge in [0.05, 0.1) is 19.3 Å². The van der Waals surface area contributed by atoms with Crippen LogP contribution < -0.4 is 5.73 Å². The zero-order valence-electron chi connectivity index (χ0n) is 11.1. The number of fused-ring (bicyclic) bond motifs is 1. The van der Waals surface area contributed by atoms with Crippen LogP contribution >= 0.6 is 0 Å². The number of rotatable bonds is 4. The average molecular weight is 283 g/mol. The Morgan fingerprint density at radius 2 is 1.95 bits per heavy atom. The van der Waals surface area contributed by atoms with Crippen molar-refractivity contribution in [2.45, 2.75) is 13.0 Å². The summed E-state index contributed by atoms with van der Waals surface area (Å²) in [5.74, 6) is -0.526. The molecule has 0 amide bonds. The summed E-state index contributed by atoms with van der Waals surface area (Å²) in [6.45, 7) is 0.483. The molecule has 0 aliphatic carbocycles. The predicted octanol–water partition coefficient (Wildman–Crippen LogP) is 1.08. The summed E-state index contributed by atoms with van der Waals surface area (Å²) in [7, 11) is 0. The summed E-state index contributed by atoms with van der Waals surface area (Å²) in [4.78, 5) is 23.2. The van der Waals surface area contributed by atoms with Crippen molar-refractivity contribution in [2.75, 3.05) is 5.73 Å². The number of benzene rings is 1. The Morgan fingerprint density at radius 1 is 1.19 bits per heavy atom. The lowest BCUT2D eigenvalue weighted by molar-refractivity contribution is -0.136. The second-order valence-corrected chi connectivity index (χ2v) is 4.64. The highest BCUT2D eigenvalue weighted by Crippen LogP contribution is 2.17. The predicted molar refractivity (Wildman–Crippen MR) is 76.6 cm³/mol. The highest BCUT2D eigenvalue weighted by Gasteiger charge is 2.11. The Hall–Kier alpha value is -2.96. The highest BCUT2D eigenvalue weighted by atomic mass is 16.4. The van der Waals surface area contributed by atoms with Crippen LogP contribution in [-0.2, 0) is 17.8 Å². The number of aromatic nitrogens is 4. The van der Waals surface area contributed by atoms with E-state index in [1.54, 1.807) is 6.33 Å². The summed E-state index contributed by atoms with van der Waals surface area (Å²) >= 11 is 0. The normalized spacial score (nSPS) is 10.9. The van der Waals surface area contributed by atoms with Crippen LogP contribution in [0.15, 0.2) is 36.9 Å². The smallest absolute Gasteiger partial charge is 0.307 e. The van der Waals surface area contributed by atoms with Gasteiger partial charge >= 0.3 is 5.97 Å². The van der Waals surface area contributed by atoms with E-state index in [1.807, 2.05) is 28.8 Å². The molecule has 0 fully saturated rings. The van der Waals surface area contributed by atoms with Gasteiger partial charge in [-0.05, 0) is 11.1 Å². The van der Waals surface area contributed by atoms with Crippen LogP contribution in [0.25, 0.3) is 11.2 Å². The number of hydrogen-bond acceptors (Lipinski definition) is 5. The van der Waals surface area contributed by atoms with Crippen molar-refractivity contribution in [1.29, 1.82) is 0 Å². The Bertz CT molecular complexity index is 812. The lowest BCUT2D eigenvalue weighted by Crippen LogP contribution is -2.07. The molecule has 7 heteroatoms. The quantitative estimate of drug-likeness (QED) is 0.742. The molecule has 3 N–H and O–H groups in total. The third-order valence-electron chi connectivity index (χ3n) is 3.23. The number of imidazole rings is 1. The monoisotopic (exact) mass is 283 g/mol. The molecule has 1 aromatic carbocycles. The van der Waals surface area contributed by atoms with Gasteiger partial charge in [0.25, 0.3) is 0 Å². The molecule has 106 valence electrons. The standard InChI is InChI=1S/C14H13N5O2/c15-13-12-14(17-7-16-13)19(8-18-12)6-10-4-2-1-3-9(10)5-11(20)21/h1-4,7-8H,5-6H2,(H,20,21)(H2,15,16,17). The second-order valence-electron chi connectivity index (χ2n) is 4.64. The second kappa shape index (κ2) is 5.20. The van der Waals surface area contributed by atoms with Gasteiger partial charge in [-0.1, -0.05) is 24.3 Å². The largest absolute Gasteiger partial charge is 0.481 e. The first-order chi connectivity index (χ1) is 10.1. The van der Waals surface area contributed by atoms with Gasteiger partial charge in [-0.25, -0.2) is 15.0 Å². The first kappa shape index (κ1) is 13.0. The molecule has 0 unspecified atom stereocenters. The van der Waals surface area contributed by atoms with E-state index >= 15 is 0 Å². The van der Waals surface area contributed by atoms with E-state index in [0.717, 1.165) is 11.1 Å². The summed E-state index contributed by atoms with van der Waals surface area (Å²) in [5.41, 5.74) is 8.62. The lowest BCUT2D eigenvalue weighted by atomic mass is 10.0. The molecular formula is C14H13N5O2. The van der Waals surface area contributed by atoms with Gasteiger partial charge in [0.1, 0.15) is 11.8 Å². The summed E-state index contributed by atoms with van der Waals surface area (Å²) in [5, 5.41) is 8.97. The summed E-state index contributed by atoms with van der Waals surface area (Å²) < 4.78 is 1.83. The molecule has 0 saturated heterocycles. The molecule has 3 rings (SSSR count). The molecule has 0 saturated carbocycles. The van der Waals surface area contributed by atoms with E-state index in [9.17, 15) is 4.79 Å². The lowest BCUT2D eigenvalue weighted by Gasteiger charge is -2.09. The number of nitrogens with two attached hydrogens (primary N) is 1. The number of carboxylic acid groups (broad SMARTS) is 1. The molecule has 0 bridgehead atoms. The Balaban J connectivity index is 1.99. The van der Waals surface area contributed by atoms with E-state index in [2.05, 4.69) is 15.0 Å². The van der Waals surface area contributed by atoms with Gasteiger partial charge in [-0.15, -0.1) is 0 Å². The van der Waals surface area contributed by atoms with Crippen LogP contribution in [0.2, 0.25) is 0 Å². The minimum atomic E-state index is -0.857. The number of hydrogen-bond donors (Lipinski definition) is 2. The van der Waals surface area contributed by atoms with Gasteiger partial charge in [-0.2, -0.15) is 0 Å². The Kier molecular flexibility index (Phi) is 3.23. The molecule has 0 spiro atoms. The van der Waals surface area contributed by atoms with Crippen molar-refractivity contribution in [3.05, 3.63) is 48.0 Å². The number of nitrogens with zero attached hydrogens (tertiary/aromatic N) is 4. The van der Waals surface area contributed by atoms with E-state index in [0.29, 0.717) is 23.5 Å². The molecule has 0 aliphatic heterocycles. The van der Waals surface area contributed by atoms with Gasteiger partial charge in [-0.3, -0.25) is 4.79 Å². The molecule has 3 aromatic rings. The van der Waals surface area contributed by atoms with Crippen LogP contribution in [0.3, 0.4) is 0 Å². The van der Waals surface area contributed by atoms with Gasteiger partial charge in [0.2, 0.25) is 0 Å². The van der Waals surface area contributed by atoms with Crippen molar-refractivity contribution in [1.82, 2.24) is 19.5 Å². The van der Waals surface area contributed by atoms with Crippen molar-refractivity contribution < 1.29 is 9.90 Å². The molecular weight excluding hydrogens is 270 g/mol. The minimum absolute atomic E-state index is 0.0140. The fourth-order valence-electron chi connectivity index (χ4n) is 2.25. The third kappa shape index (κ3) is 2.53. The van der Waals surface area contributed by atoms with Crippen LogP contribution in [0.1, 0.15) is 11.1 Å². The Labute approximate surface area is 120 Å². The number of nitrogen functional groups attached to an aromatic ring is 1. The zero-order chi connectivity index (χ0) is 14.8. The first-order valence-electron chi connectivity index (χ1n) is 6.35. The maximum Gasteiger partial charge on any atom is 0.307 e. The molecule has 0 aliphatic rings. The van der Waals surface area contributed by atoms with Crippen LogP contribution in [0.4, 0.5) is 5.82 Å². The molecule has 2 heterocycles. The fraction of sp³-hybridized carbons (Fsp3) is 0.143. The maximum absolute atomic E-state index is 10.9. The highest BCUT2D eigenvalue weighted by molar-refractivity contribution is 5.81. The molecule has 2 aromatic heterocycles. The number of anilines is 1. The van der Waals surface area contributed by atoms with Crippen LogP contribution in [0.5, 0.6) is 0 Å². The van der Waals surface area contributed by atoms with Crippen LogP contribution in [-0.4, -0.2) is 30.6 Å². The minimum Gasteiger partial charge on any atom is -0.481 e. The topological polar surface area (TPSA) is 107 Å². The van der Waals surface area contributed by atoms with E-state index in [1.165, 1.54) is 6.33 Å². The SMILES string of the molecule is Nc1ncnc2c1ncn2Cc1ccccc1CC(=O)O. The molecule has 21 heavy (non-hydrogen) atoms. The van der Waals surface area contributed by atoms with E-state index in [4.69, 9.17) is 10.8 Å². The average Bonchev–Trinajstić information content (AvgIpc) is 2.85. The van der Waals surface area contributed by atoms with Crippen molar-refractivity contribution in [3.63, 3.8) is 0 Å². The van der Waals surface area contributed by atoms with Gasteiger partial charge in [0.15, 0.2) is 11.5 Å². The van der Waals surface area contributed by atoms with E-state index < -0.39 is 5.97 Å².